The minimum atomic E-state index is 0.548. The van der Waals surface area contributed by atoms with Crippen LogP contribution in [0.2, 0.25) is 0 Å². The monoisotopic (exact) mass is 252 g/mol. The van der Waals surface area contributed by atoms with E-state index in [0.29, 0.717) is 12.5 Å². The van der Waals surface area contributed by atoms with Crippen LogP contribution in [0.1, 0.15) is 29.3 Å². The van der Waals surface area contributed by atoms with Gasteiger partial charge < -0.3 is 14.6 Å². The molecule has 0 radical (unpaired) electrons. The number of piperidine rings is 1. The average molecular weight is 252 g/mol. The smallest absolute Gasteiger partial charge is 0.178 e. The highest BCUT2D eigenvalue weighted by atomic mass is 32.1. The highest BCUT2D eigenvalue weighted by molar-refractivity contribution is 7.19. The summed E-state index contributed by atoms with van der Waals surface area (Å²) >= 11 is 1.75. The van der Waals surface area contributed by atoms with Crippen molar-refractivity contribution in [2.75, 3.05) is 20.2 Å². The Balaban J connectivity index is 1.92. The molecule has 0 aliphatic carbocycles. The first-order chi connectivity index (χ1) is 8.38. The number of rotatable bonds is 3. The summed E-state index contributed by atoms with van der Waals surface area (Å²) in [7, 11) is 1.72. The molecule has 1 fully saturated rings. The zero-order valence-electron chi connectivity index (χ0n) is 9.86. The van der Waals surface area contributed by atoms with Gasteiger partial charge in [0.2, 0.25) is 0 Å². The number of aromatic nitrogens is 1. The van der Waals surface area contributed by atoms with Crippen molar-refractivity contribution in [1.29, 1.82) is 0 Å². The van der Waals surface area contributed by atoms with Crippen LogP contribution in [0.15, 0.2) is 10.6 Å². The molecule has 92 valence electrons. The van der Waals surface area contributed by atoms with E-state index in [0.717, 1.165) is 37.2 Å². The van der Waals surface area contributed by atoms with Crippen molar-refractivity contribution < 1.29 is 9.26 Å². The minimum Gasteiger partial charge on any atom is -0.379 e. The molecule has 0 unspecified atom stereocenters. The summed E-state index contributed by atoms with van der Waals surface area (Å²) in [6, 6.07) is 2.04. The van der Waals surface area contributed by atoms with E-state index in [1.165, 1.54) is 9.58 Å². The number of ether oxygens (including phenoxy) is 1. The van der Waals surface area contributed by atoms with Gasteiger partial charge in [0.1, 0.15) is 5.69 Å². The molecule has 0 amide bonds. The van der Waals surface area contributed by atoms with Crippen molar-refractivity contribution in [3.05, 3.63) is 16.6 Å². The highest BCUT2D eigenvalue weighted by Gasteiger charge is 2.23. The molecule has 17 heavy (non-hydrogen) atoms. The second kappa shape index (κ2) is 4.76. The van der Waals surface area contributed by atoms with E-state index in [9.17, 15) is 0 Å². The fraction of sp³-hybridized carbons (Fsp3) is 0.583. The van der Waals surface area contributed by atoms with Gasteiger partial charge in [0.05, 0.1) is 11.3 Å². The van der Waals surface area contributed by atoms with Gasteiger partial charge in [-0.1, -0.05) is 5.16 Å². The topological polar surface area (TPSA) is 47.3 Å². The first-order valence-electron chi connectivity index (χ1n) is 5.96. The van der Waals surface area contributed by atoms with Crippen LogP contribution in [-0.2, 0) is 11.3 Å². The Labute approximate surface area is 104 Å². The lowest BCUT2D eigenvalue weighted by atomic mass is 9.95. The number of nitrogens with one attached hydrogen (secondary N) is 1. The summed E-state index contributed by atoms with van der Waals surface area (Å²) in [4.78, 5) is 1.21. The number of hydrogen-bond acceptors (Lipinski definition) is 5. The SMILES string of the molecule is COCc1cc2onc(C3CCNCC3)c2s1. The van der Waals surface area contributed by atoms with E-state index in [2.05, 4.69) is 10.5 Å². The number of fused-ring (bicyclic) bond motifs is 1. The summed E-state index contributed by atoms with van der Waals surface area (Å²) < 4.78 is 11.8. The molecule has 0 spiro atoms. The third-order valence-corrected chi connectivity index (χ3v) is 4.35. The Kier molecular flexibility index (Phi) is 3.13. The molecule has 1 aliphatic rings. The van der Waals surface area contributed by atoms with E-state index >= 15 is 0 Å². The van der Waals surface area contributed by atoms with Crippen LogP contribution < -0.4 is 5.32 Å². The van der Waals surface area contributed by atoms with Crippen LogP contribution in [0.3, 0.4) is 0 Å². The Morgan fingerprint density at radius 1 is 1.53 bits per heavy atom. The minimum absolute atomic E-state index is 0.548. The molecule has 1 aliphatic heterocycles. The summed E-state index contributed by atoms with van der Waals surface area (Å²) in [5, 5.41) is 7.62. The second-order valence-corrected chi connectivity index (χ2v) is 5.57. The molecule has 5 heteroatoms. The zero-order valence-corrected chi connectivity index (χ0v) is 10.7. The number of hydrogen-bond donors (Lipinski definition) is 1. The normalized spacial score (nSPS) is 17.9. The van der Waals surface area contributed by atoms with E-state index in [1.54, 1.807) is 18.4 Å². The number of thiophene rings is 1. The Bertz CT molecular complexity index is 500. The molecule has 0 bridgehead atoms. The third kappa shape index (κ3) is 2.10. The van der Waals surface area contributed by atoms with Gasteiger partial charge in [0, 0.05) is 24.0 Å². The zero-order chi connectivity index (χ0) is 11.7. The summed E-state index contributed by atoms with van der Waals surface area (Å²) in [5.41, 5.74) is 2.06. The van der Waals surface area contributed by atoms with Crippen LogP contribution in [0.4, 0.5) is 0 Å². The number of methoxy groups -OCH3 is 1. The maximum Gasteiger partial charge on any atom is 0.178 e. The van der Waals surface area contributed by atoms with Gasteiger partial charge in [-0.05, 0) is 25.9 Å². The van der Waals surface area contributed by atoms with E-state index in [-0.39, 0.29) is 0 Å². The fourth-order valence-electron chi connectivity index (χ4n) is 2.38. The van der Waals surface area contributed by atoms with E-state index in [1.807, 2.05) is 6.07 Å². The van der Waals surface area contributed by atoms with E-state index in [4.69, 9.17) is 9.26 Å². The van der Waals surface area contributed by atoms with Crippen molar-refractivity contribution in [2.45, 2.75) is 25.4 Å². The quantitative estimate of drug-likeness (QED) is 0.911. The average Bonchev–Trinajstić information content (AvgIpc) is 2.90. The maximum absolute atomic E-state index is 5.41. The molecule has 1 saturated heterocycles. The lowest BCUT2D eigenvalue weighted by Crippen LogP contribution is -2.26. The van der Waals surface area contributed by atoms with Crippen molar-refractivity contribution in [3.63, 3.8) is 0 Å². The van der Waals surface area contributed by atoms with Crippen molar-refractivity contribution >= 4 is 21.6 Å². The Morgan fingerprint density at radius 2 is 2.35 bits per heavy atom. The lowest BCUT2D eigenvalue weighted by Gasteiger charge is -2.20. The van der Waals surface area contributed by atoms with Crippen molar-refractivity contribution in [1.82, 2.24) is 10.5 Å². The van der Waals surface area contributed by atoms with Gasteiger partial charge >= 0.3 is 0 Å². The van der Waals surface area contributed by atoms with Crippen LogP contribution in [-0.4, -0.2) is 25.4 Å². The largest absolute Gasteiger partial charge is 0.379 e. The van der Waals surface area contributed by atoms with Gasteiger partial charge in [-0.25, -0.2) is 0 Å². The Morgan fingerprint density at radius 3 is 3.12 bits per heavy atom. The van der Waals surface area contributed by atoms with Gasteiger partial charge in [0.15, 0.2) is 5.58 Å². The van der Waals surface area contributed by atoms with Crippen molar-refractivity contribution in [2.24, 2.45) is 0 Å². The maximum atomic E-state index is 5.41. The van der Waals surface area contributed by atoms with Gasteiger partial charge in [-0.3, -0.25) is 0 Å². The molecule has 0 aromatic carbocycles. The fourth-order valence-corrected chi connectivity index (χ4v) is 3.49. The molecule has 0 atom stereocenters. The Hall–Kier alpha value is -0.910. The molecule has 2 aromatic rings. The second-order valence-electron chi connectivity index (χ2n) is 4.43. The van der Waals surface area contributed by atoms with Crippen molar-refractivity contribution in [3.8, 4) is 0 Å². The van der Waals surface area contributed by atoms with Gasteiger partial charge in [0.25, 0.3) is 0 Å². The summed E-state index contributed by atoms with van der Waals surface area (Å²) in [6.07, 6.45) is 2.30. The van der Waals surface area contributed by atoms with Gasteiger partial charge in [-0.15, -0.1) is 11.3 Å². The van der Waals surface area contributed by atoms with Crippen LogP contribution >= 0.6 is 11.3 Å². The molecular formula is C12H16N2O2S. The molecule has 2 aromatic heterocycles. The first-order valence-corrected chi connectivity index (χ1v) is 6.78. The molecule has 0 saturated carbocycles. The number of nitrogens with zero attached hydrogens (tertiary/aromatic N) is 1. The molecule has 3 heterocycles. The first kappa shape index (κ1) is 11.2. The predicted octanol–water partition coefficient (Wildman–Crippen LogP) is 2.50. The van der Waals surface area contributed by atoms with E-state index < -0.39 is 0 Å². The summed E-state index contributed by atoms with van der Waals surface area (Å²) in [5.74, 6) is 0.548. The van der Waals surface area contributed by atoms with Crippen LogP contribution in [0, 0.1) is 0 Å². The molecular weight excluding hydrogens is 236 g/mol. The molecule has 4 nitrogen and oxygen atoms in total. The predicted molar refractivity (Wildman–Crippen MR) is 67.4 cm³/mol. The summed E-state index contributed by atoms with van der Waals surface area (Å²) in [6.45, 7) is 2.81. The van der Waals surface area contributed by atoms with Crippen LogP contribution in [0.5, 0.6) is 0 Å². The highest BCUT2D eigenvalue weighted by Crippen LogP contribution is 2.35. The standard InChI is InChI=1S/C12H16N2O2S/c1-15-7-9-6-10-12(17-9)11(14-16-10)8-2-4-13-5-3-8/h6,8,13H,2-5,7H2,1H3. The van der Waals surface area contributed by atoms with Crippen LogP contribution in [0.25, 0.3) is 10.3 Å². The third-order valence-electron chi connectivity index (χ3n) is 3.24. The lowest BCUT2D eigenvalue weighted by molar-refractivity contribution is 0.187. The van der Waals surface area contributed by atoms with Gasteiger partial charge in [-0.2, -0.15) is 0 Å². The molecule has 1 N–H and O–H groups in total. The molecule has 3 rings (SSSR count).